The predicted molar refractivity (Wildman–Crippen MR) is 74.8 cm³/mol. The molecule has 21 heavy (non-hydrogen) atoms. The van der Waals surface area contributed by atoms with Gasteiger partial charge >= 0.3 is 5.97 Å². The minimum atomic E-state index is -3.88. The van der Waals surface area contributed by atoms with Crippen LogP contribution in [0.25, 0.3) is 0 Å². The summed E-state index contributed by atoms with van der Waals surface area (Å²) in [4.78, 5) is 11.1. The van der Waals surface area contributed by atoms with Crippen molar-refractivity contribution in [3.05, 3.63) is 29.6 Å². The molecule has 1 heterocycles. The van der Waals surface area contributed by atoms with Gasteiger partial charge in [-0.1, -0.05) is 13.0 Å². The zero-order valence-corrected chi connectivity index (χ0v) is 12.7. The molecule has 0 amide bonds. The van der Waals surface area contributed by atoms with E-state index < -0.39 is 27.7 Å². The van der Waals surface area contributed by atoms with Crippen molar-refractivity contribution >= 4 is 16.0 Å². The molecule has 0 saturated carbocycles. The molecule has 0 spiro atoms. The molecule has 116 valence electrons. The van der Waals surface area contributed by atoms with Crippen LogP contribution in [0, 0.1) is 24.6 Å². The third kappa shape index (κ3) is 3.08. The minimum Gasteiger partial charge on any atom is -0.481 e. The van der Waals surface area contributed by atoms with Crippen molar-refractivity contribution in [2.75, 3.05) is 13.1 Å². The van der Waals surface area contributed by atoms with Gasteiger partial charge in [0.2, 0.25) is 10.0 Å². The summed E-state index contributed by atoms with van der Waals surface area (Å²) >= 11 is 0. The Bertz CT molecular complexity index is 659. The summed E-state index contributed by atoms with van der Waals surface area (Å²) in [7, 11) is -3.88. The summed E-state index contributed by atoms with van der Waals surface area (Å²) in [5.41, 5.74) is 0.0580. The SMILES string of the molecule is Cc1c(F)cccc1S(=O)(=O)N1CC(C)CC(C(=O)O)C1. The number of sulfonamides is 1. The highest BCUT2D eigenvalue weighted by Gasteiger charge is 2.36. The summed E-state index contributed by atoms with van der Waals surface area (Å²) < 4.78 is 40.0. The maximum atomic E-state index is 13.6. The largest absolute Gasteiger partial charge is 0.481 e. The van der Waals surface area contributed by atoms with Crippen LogP contribution in [-0.4, -0.2) is 36.9 Å². The fourth-order valence-corrected chi connectivity index (χ4v) is 4.52. The molecule has 2 unspecified atom stereocenters. The average molecular weight is 315 g/mol. The first kappa shape index (κ1) is 15.9. The first-order chi connectivity index (χ1) is 9.73. The number of hydrogen-bond donors (Lipinski definition) is 1. The molecule has 0 radical (unpaired) electrons. The second kappa shape index (κ2) is 5.73. The Balaban J connectivity index is 2.39. The third-order valence-electron chi connectivity index (χ3n) is 3.81. The number of halogens is 1. The van der Waals surface area contributed by atoms with Gasteiger partial charge in [-0.3, -0.25) is 4.79 Å². The number of hydrogen-bond acceptors (Lipinski definition) is 3. The number of nitrogens with zero attached hydrogens (tertiary/aromatic N) is 1. The number of piperidine rings is 1. The predicted octanol–water partition coefficient (Wildman–Crippen LogP) is 1.87. The van der Waals surface area contributed by atoms with Crippen LogP contribution in [0.4, 0.5) is 4.39 Å². The second-order valence-electron chi connectivity index (χ2n) is 5.56. The zero-order valence-electron chi connectivity index (χ0n) is 11.9. The highest BCUT2D eigenvalue weighted by atomic mass is 32.2. The number of aliphatic carboxylic acids is 1. The van der Waals surface area contributed by atoms with Gasteiger partial charge in [0.1, 0.15) is 5.82 Å². The lowest BCUT2D eigenvalue weighted by molar-refractivity contribution is -0.143. The van der Waals surface area contributed by atoms with Crippen molar-refractivity contribution in [1.29, 1.82) is 0 Å². The molecule has 1 aliphatic heterocycles. The van der Waals surface area contributed by atoms with Crippen molar-refractivity contribution in [2.45, 2.75) is 25.2 Å². The summed E-state index contributed by atoms with van der Waals surface area (Å²) in [6.45, 7) is 3.40. The highest BCUT2D eigenvalue weighted by molar-refractivity contribution is 7.89. The molecule has 0 bridgehead atoms. The molecule has 1 aliphatic rings. The lowest BCUT2D eigenvalue weighted by atomic mass is 9.92. The Kier molecular flexibility index (Phi) is 4.34. The van der Waals surface area contributed by atoms with Gasteiger partial charge in [-0.25, -0.2) is 12.8 Å². The molecule has 0 aliphatic carbocycles. The highest BCUT2D eigenvalue weighted by Crippen LogP contribution is 2.29. The van der Waals surface area contributed by atoms with E-state index in [4.69, 9.17) is 5.11 Å². The van der Waals surface area contributed by atoms with E-state index in [9.17, 15) is 17.6 Å². The molecular weight excluding hydrogens is 297 g/mol. The number of benzene rings is 1. The van der Waals surface area contributed by atoms with Crippen LogP contribution in [-0.2, 0) is 14.8 Å². The lowest BCUT2D eigenvalue weighted by Crippen LogP contribution is -2.45. The summed E-state index contributed by atoms with van der Waals surface area (Å²) in [6, 6.07) is 3.90. The fourth-order valence-electron chi connectivity index (χ4n) is 2.68. The first-order valence-corrected chi connectivity index (χ1v) is 8.15. The Labute approximate surface area is 123 Å². The van der Waals surface area contributed by atoms with E-state index in [0.717, 1.165) is 4.31 Å². The topological polar surface area (TPSA) is 74.7 Å². The van der Waals surface area contributed by atoms with Gasteiger partial charge in [0.05, 0.1) is 10.8 Å². The van der Waals surface area contributed by atoms with Gasteiger partial charge in [-0.05, 0) is 31.4 Å². The molecule has 1 fully saturated rings. The van der Waals surface area contributed by atoms with Crippen LogP contribution < -0.4 is 0 Å². The molecule has 1 N–H and O–H groups in total. The quantitative estimate of drug-likeness (QED) is 0.924. The zero-order chi connectivity index (χ0) is 15.8. The van der Waals surface area contributed by atoms with Gasteiger partial charge < -0.3 is 5.11 Å². The summed E-state index contributed by atoms with van der Waals surface area (Å²) in [5.74, 6) is -2.37. The van der Waals surface area contributed by atoms with E-state index in [1.807, 2.05) is 6.92 Å². The van der Waals surface area contributed by atoms with Crippen LogP contribution in [0.3, 0.4) is 0 Å². The van der Waals surface area contributed by atoms with Gasteiger partial charge in [0, 0.05) is 18.7 Å². The standard InChI is InChI=1S/C14H18FNO4S/c1-9-6-11(14(17)18)8-16(7-9)21(19,20)13-5-3-4-12(15)10(13)2/h3-5,9,11H,6-8H2,1-2H3,(H,17,18). The maximum Gasteiger partial charge on any atom is 0.307 e. The van der Waals surface area contributed by atoms with Gasteiger partial charge in [0.15, 0.2) is 0 Å². The monoisotopic (exact) mass is 315 g/mol. The third-order valence-corrected chi connectivity index (χ3v) is 5.79. The lowest BCUT2D eigenvalue weighted by Gasteiger charge is -2.34. The van der Waals surface area contributed by atoms with E-state index in [1.165, 1.54) is 25.1 Å². The molecular formula is C14H18FNO4S. The van der Waals surface area contributed by atoms with Crippen LogP contribution in [0.5, 0.6) is 0 Å². The average Bonchev–Trinajstić information content (AvgIpc) is 2.40. The van der Waals surface area contributed by atoms with Gasteiger partial charge in [0.25, 0.3) is 0 Å². The van der Waals surface area contributed by atoms with Crippen molar-refractivity contribution in [3.8, 4) is 0 Å². The number of rotatable bonds is 3. The van der Waals surface area contributed by atoms with E-state index in [0.29, 0.717) is 6.42 Å². The van der Waals surface area contributed by atoms with E-state index in [-0.39, 0.29) is 29.5 Å². The van der Waals surface area contributed by atoms with E-state index in [2.05, 4.69) is 0 Å². The molecule has 1 saturated heterocycles. The number of carboxylic acid groups (broad SMARTS) is 1. The second-order valence-corrected chi connectivity index (χ2v) is 7.47. The van der Waals surface area contributed by atoms with Crippen molar-refractivity contribution in [1.82, 2.24) is 4.31 Å². The van der Waals surface area contributed by atoms with Crippen LogP contribution >= 0.6 is 0 Å². The molecule has 5 nitrogen and oxygen atoms in total. The number of carboxylic acids is 1. The summed E-state index contributed by atoms with van der Waals surface area (Å²) in [5, 5.41) is 9.13. The smallest absolute Gasteiger partial charge is 0.307 e. The van der Waals surface area contributed by atoms with Crippen molar-refractivity contribution in [3.63, 3.8) is 0 Å². The first-order valence-electron chi connectivity index (χ1n) is 6.71. The van der Waals surface area contributed by atoms with Gasteiger partial charge in [-0.2, -0.15) is 4.31 Å². The Hall–Kier alpha value is -1.47. The number of carbonyl (C=O) groups is 1. The molecule has 0 aromatic heterocycles. The molecule has 1 aromatic rings. The van der Waals surface area contributed by atoms with Crippen LogP contribution in [0.15, 0.2) is 23.1 Å². The summed E-state index contributed by atoms with van der Waals surface area (Å²) in [6.07, 6.45) is 0.448. The maximum absolute atomic E-state index is 13.6. The Morgan fingerprint density at radius 3 is 2.67 bits per heavy atom. The van der Waals surface area contributed by atoms with E-state index in [1.54, 1.807) is 0 Å². The van der Waals surface area contributed by atoms with E-state index >= 15 is 0 Å². The Morgan fingerprint density at radius 1 is 1.38 bits per heavy atom. The van der Waals surface area contributed by atoms with Crippen LogP contribution in [0.2, 0.25) is 0 Å². The van der Waals surface area contributed by atoms with Crippen molar-refractivity contribution in [2.24, 2.45) is 11.8 Å². The molecule has 2 atom stereocenters. The molecule has 1 aromatic carbocycles. The fraction of sp³-hybridized carbons (Fsp3) is 0.500. The Morgan fingerprint density at radius 2 is 2.05 bits per heavy atom. The molecule has 2 rings (SSSR count). The van der Waals surface area contributed by atoms with Crippen molar-refractivity contribution < 1.29 is 22.7 Å². The minimum absolute atomic E-state index is 0.0523. The normalized spacial score (nSPS) is 24.0. The van der Waals surface area contributed by atoms with Crippen LogP contribution in [0.1, 0.15) is 18.9 Å². The molecule has 7 heteroatoms. The van der Waals surface area contributed by atoms with Gasteiger partial charge in [-0.15, -0.1) is 0 Å².